The molecule has 0 amide bonds. The molecule has 0 fully saturated rings. The molecule has 0 atom stereocenters. The maximum absolute atomic E-state index is 13.2. The minimum atomic E-state index is -0.429. The van der Waals surface area contributed by atoms with E-state index in [0.717, 1.165) is 27.6 Å². The van der Waals surface area contributed by atoms with Gasteiger partial charge in [0.2, 0.25) is 0 Å². The maximum atomic E-state index is 13.2. The lowest BCUT2D eigenvalue weighted by Crippen LogP contribution is -2.32. The maximum Gasteiger partial charge on any atom is 0.336 e. The Kier molecular flexibility index (Phi) is 4.77. The number of rotatable bonds is 3. The molecule has 3 aromatic carbocycles. The number of ether oxygens (including phenoxy) is 1. The van der Waals surface area contributed by atoms with Crippen LogP contribution in [-0.4, -0.2) is 11.6 Å². The van der Waals surface area contributed by atoms with E-state index in [4.69, 9.17) is 20.8 Å². The number of hydrogen-bond acceptors (Lipinski definition) is 4. The Hall–Kier alpha value is -3.15. The molecule has 6 heteroatoms. The van der Waals surface area contributed by atoms with E-state index in [1.165, 1.54) is 18.2 Å². The molecule has 4 aromatic rings. The highest BCUT2D eigenvalue weighted by Gasteiger charge is 2.25. The number of fused-ring (bicyclic) bond motifs is 3. The summed E-state index contributed by atoms with van der Waals surface area (Å²) in [4.78, 5) is 14.4. The SMILES string of the molecule is O=c1cc(-c2ccccc2)c2cc(Cl)c3c(c2o1)CN(Cc1ccc(F)cc1)CO3. The summed E-state index contributed by atoms with van der Waals surface area (Å²) >= 11 is 6.54. The molecular formula is C24H17ClFNO3. The van der Waals surface area contributed by atoms with E-state index in [-0.39, 0.29) is 5.82 Å². The molecule has 150 valence electrons. The lowest BCUT2D eigenvalue weighted by Gasteiger charge is -2.30. The van der Waals surface area contributed by atoms with Crippen LogP contribution in [0, 0.1) is 5.82 Å². The summed E-state index contributed by atoms with van der Waals surface area (Å²) in [6.45, 7) is 1.39. The Morgan fingerprint density at radius 3 is 2.57 bits per heavy atom. The number of benzene rings is 3. The second-order valence-electron chi connectivity index (χ2n) is 7.27. The van der Waals surface area contributed by atoms with Gasteiger partial charge in [0.05, 0.1) is 10.6 Å². The quantitative estimate of drug-likeness (QED) is 0.403. The van der Waals surface area contributed by atoms with E-state index in [1.54, 1.807) is 18.2 Å². The highest BCUT2D eigenvalue weighted by atomic mass is 35.5. The Bertz CT molecular complexity index is 1290. The standard InChI is InChI=1S/C24H17ClFNO3/c25-21-10-19-18(16-4-2-1-3-5-16)11-22(28)30-23(19)20-13-27(14-29-24(20)21)12-15-6-8-17(26)9-7-15/h1-11H,12-14H2. The molecule has 1 aliphatic heterocycles. The first-order valence-electron chi connectivity index (χ1n) is 9.53. The van der Waals surface area contributed by atoms with Crippen LogP contribution >= 0.6 is 11.6 Å². The zero-order chi connectivity index (χ0) is 20.7. The molecule has 2 heterocycles. The predicted octanol–water partition coefficient (Wildman–Crippen LogP) is 5.60. The molecule has 0 spiro atoms. The van der Waals surface area contributed by atoms with Crippen molar-refractivity contribution in [2.24, 2.45) is 0 Å². The van der Waals surface area contributed by atoms with Crippen molar-refractivity contribution < 1.29 is 13.5 Å². The first kappa shape index (κ1) is 18.9. The highest BCUT2D eigenvalue weighted by molar-refractivity contribution is 6.33. The van der Waals surface area contributed by atoms with Crippen molar-refractivity contribution in [3.63, 3.8) is 0 Å². The van der Waals surface area contributed by atoms with Crippen LogP contribution in [0.1, 0.15) is 11.1 Å². The van der Waals surface area contributed by atoms with Crippen LogP contribution in [0.4, 0.5) is 4.39 Å². The summed E-state index contributed by atoms with van der Waals surface area (Å²) in [7, 11) is 0. The smallest absolute Gasteiger partial charge is 0.336 e. The molecule has 30 heavy (non-hydrogen) atoms. The average Bonchev–Trinajstić information content (AvgIpc) is 2.76. The fourth-order valence-corrected chi connectivity index (χ4v) is 4.12. The summed E-state index contributed by atoms with van der Waals surface area (Å²) in [6.07, 6.45) is 0. The topological polar surface area (TPSA) is 42.7 Å². The number of nitrogens with zero attached hydrogens (tertiary/aromatic N) is 1. The van der Waals surface area contributed by atoms with Crippen molar-refractivity contribution in [2.75, 3.05) is 6.73 Å². The van der Waals surface area contributed by atoms with E-state index in [9.17, 15) is 9.18 Å². The van der Waals surface area contributed by atoms with Gasteiger partial charge < -0.3 is 9.15 Å². The van der Waals surface area contributed by atoms with Crippen LogP contribution < -0.4 is 10.4 Å². The van der Waals surface area contributed by atoms with Gasteiger partial charge in [0.1, 0.15) is 23.9 Å². The molecule has 0 N–H and O–H groups in total. The summed E-state index contributed by atoms with van der Waals surface area (Å²) in [5, 5.41) is 1.24. The lowest BCUT2D eigenvalue weighted by atomic mass is 9.99. The van der Waals surface area contributed by atoms with E-state index in [0.29, 0.717) is 36.2 Å². The molecule has 0 saturated carbocycles. The molecule has 0 saturated heterocycles. The van der Waals surface area contributed by atoms with E-state index in [2.05, 4.69) is 0 Å². The molecule has 1 aromatic heterocycles. The van der Waals surface area contributed by atoms with Gasteiger partial charge in [0, 0.05) is 24.5 Å². The van der Waals surface area contributed by atoms with Crippen LogP contribution in [0.2, 0.25) is 5.02 Å². The summed E-state index contributed by atoms with van der Waals surface area (Å²) in [6, 6.07) is 19.3. The third kappa shape index (κ3) is 3.47. The van der Waals surface area contributed by atoms with Crippen molar-refractivity contribution in [2.45, 2.75) is 13.1 Å². The van der Waals surface area contributed by atoms with E-state index >= 15 is 0 Å². The van der Waals surface area contributed by atoms with Gasteiger partial charge in [-0.1, -0.05) is 54.1 Å². The molecule has 0 bridgehead atoms. The minimum Gasteiger partial charge on any atom is -0.476 e. The number of halogens is 2. The van der Waals surface area contributed by atoms with Crippen LogP contribution in [-0.2, 0) is 13.1 Å². The fraction of sp³-hybridized carbons (Fsp3) is 0.125. The normalized spacial score (nSPS) is 13.8. The molecule has 4 nitrogen and oxygen atoms in total. The Morgan fingerprint density at radius 1 is 1.03 bits per heavy atom. The van der Waals surface area contributed by atoms with E-state index < -0.39 is 5.63 Å². The second-order valence-corrected chi connectivity index (χ2v) is 7.68. The minimum absolute atomic E-state index is 0.271. The Balaban J connectivity index is 1.60. The third-order valence-electron chi connectivity index (χ3n) is 5.21. The van der Waals surface area contributed by atoms with Crippen molar-refractivity contribution in [3.05, 3.63) is 99.1 Å². The molecule has 0 aliphatic carbocycles. The summed E-state index contributed by atoms with van der Waals surface area (Å²) in [5.41, 5.74) is 3.42. The second kappa shape index (κ2) is 7.59. The molecule has 1 aliphatic rings. The van der Waals surface area contributed by atoms with Crippen LogP contribution in [0.5, 0.6) is 5.75 Å². The van der Waals surface area contributed by atoms with E-state index in [1.807, 2.05) is 35.2 Å². The van der Waals surface area contributed by atoms with Gasteiger partial charge >= 0.3 is 5.63 Å². The first-order chi connectivity index (χ1) is 14.6. The van der Waals surface area contributed by atoms with Crippen molar-refractivity contribution >= 4 is 22.6 Å². The molecule has 0 radical (unpaired) electrons. The molecular weight excluding hydrogens is 405 g/mol. The van der Waals surface area contributed by atoms with Crippen LogP contribution in [0.15, 0.2) is 75.9 Å². The largest absolute Gasteiger partial charge is 0.476 e. The van der Waals surface area contributed by atoms with Gasteiger partial charge in [-0.3, -0.25) is 4.90 Å². The van der Waals surface area contributed by atoms with Gasteiger partial charge in [0.15, 0.2) is 0 Å². The van der Waals surface area contributed by atoms with Gasteiger partial charge in [-0.2, -0.15) is 0 Å². The van der Waals surface area contributed by atoms with Crippen molar-refractivity contribution in [3.8, 4) is 16.9 Å². The predicted molar refractivity (Wildman–Crippen MR) is 114 cm³/mol. The van der Waals surface area contributed by atoms with Crippen LogP contribution in [0.3, 0.4) is 0 Å². The Labute approximate surface area is 177 Å². The summed E-state index contributed by atoms with van der Waals surface area (Å²) in [5.74, 6) is 0.264. The highest BCUT2D eigenvalue weighted by Crippen LogP contribution is 2.41. The lowest BCUT2D eigenvalue weighted by molar-refractivity contribution is 0.0890. The Morgan fingerprint density at radius 2 is 1.80 bits per heavy atom. The van der Waals surface area contributed by atoms with Gasteiger partial charge in [-0.25, -0.2) is 9.18 Å². The van der Waals surface area contributed by atoms with Crippen molar-refractivity contribution in [1.29, 1.82) is 0 Å². The average molecular weight is 422 g/mol. The van der Waals surface area contributed by atoms with Gasteiger partial charge in [0.25, 0.3) is 0 Å². The zero-order valence-electron chi connectivity index (χ0n) is 15.9. The molecule has 5 rings (SSSR count). The van der Waals surface area contributed by atoms with Gasteiger partial charge in [-0.05, 0) is 34.9 Å². The summed E-state index contributed by atoms with van der Waals surface area (Å²) < 4.78 is 24.7. The third-order valence-corrected chi connectivity index (χ3v) is 5.49. The van der Waals surface area contributed by atoms with Gasteiger partial charge in [-0.15, -0.1) is 0 Å². The zero-order valence-corrected chi connectivity index (χ0v) is 16.7. The van der Waals surface area contributed by atoms with Crippen LogP contribution in [0.25, 0.3) is 22.1 Å². The monoisotopic (exact) mass is 421 g/mol. The van der Waals surface area contributed by atoms with Crippen molar-refractivity contribution in [1.82, 2.24) is 4.90 Å². The fourth-order valence-electron chi connectivity index (χ4n) is 3.84. The molecule has 0 unspecified atom stereocenters. The first-order valence-corrected chi connectivity index (χ1v) is 9.90. The number of hydrogen-bond donors (Lipinski definition) is 0.